The second-order valence-electron chi connectivity index (χ2n) is 10.5. The van der Waals surface area contributed by atoms with Gasteiger partial charge in [-0.05, 0) is 109 Å². The number of H-pyrrole nitrogens is 3. The smallest absolute Gasteiger partial charge is 0.188 e. The number of hydrogen-bond acceptors (Lipinski definition) is 7. The predicted octanol–water partition coefficient (Wildman–Crippen LogP) is 10.3. The van der Waals surface area contributed by atoms with Gasteiger partial charge in [-0.3, -0.25) is 9.89 Å². The van der Waals surface area contributed by atoms with E-state index in [0.717, 1.165) is 61.4 Å². The molecule has 3 aromatic heterocycles. The molecule has 49 heavy (non-hydrogen) atoms. The van der Waals surface area contributed by atoms with E-state index in [4.69, 9.17) is 9.47 Å². The molecule has 0 unspecified atom stereocenters. The van der Waals surface area contributed by atoms with Crippen molar-refractivity contribution in [1.82, 2.24) is 20.2 Å². The van der Waals surface area contributed by atoms with Crippen molar-refractivity contribution < 1.29 is 14.3 Å². The van der Waals surface area contributed by atoms with E-state index in [1.165, 1.54) is 17.1 Å². The van der Waals surface area contributed by atoms with Crippen molar-refractivity contribution in [2.45, 2.75) is 14.9 Å². The molecule has 10 heteroatoms. The molecule has 0 bridgehead atoms. The summed E-state index contributed by atoms with van der Waals surface area (Å²) >= 11 is 1.50. The van der Waals surface area contributed by atoms with Gasteiger partial charge >= 0.3 is 0 Å². The predicted molar refractivity (Wildman–Crippen MR) is 206 cm³/mol. The van der Waals surface area contributed by atoms with E-state index in [-0.39, 0.29) is 20.6 Å². The maximum absolute atomic E-state index is 12.4. The molecule has 0 fully saturated rings. The van der Waals surface area contributed by atoms with Gasteiger partial charge < -0.3 is 30.1 Å². The maximum Gasteiger partial charge on any atom is 0.188 e. The van der Waals surface area contributed by atoms with Crippen LogP contribution in [0.15, 0.2) is 127 Å². The van der Waals surface area contributed by atoms with Crippen LogP contribution in [-0.4, -0.2) is 46.4 Å². The van der Waals surface area contributed by atoms with Crippen LogP contribution in [0.5, 0.6) is 11.5 Å². The molecule has 0 atom stereocenters. The van der Waals surface area contributed by atoms with Gasteiger partial charge in [0.1, 0.15) is 11.5 Å². The van der Waals surface area contributed by atoms with E-state index in [1.54, 1.807) is 44.6 Å². The minimum Gasteiger partial charge on any atom is -0.497 e. The summed E-state index contributed by atoms with van der Waals surface area (Å²) in [5.74, 6) is 2.31. The number of nitrogens with one attached hydrogen (secondary N) is 5. The maximum atomic E-state index is 12.4. The first kappa shape index (κ1) is 36.0. The number of aromatic amines is 3. The lowest BCUT2D eigenvalue weighted by Gasteiger charge is -2.09. The van der Waals surface area contributed by atoms with Crippen LogP contribution >= 0.6 is 11.8 Å². The van der Waals surface area contributed by atoms with Gasteiger partial charge in [0, 0.05) is 63.3 Å². The summed E-state index contributed by atoms with van der Waals surface area (Å²) < 4.78 is 10.3. The zero-order chi connectivity index (χ0) is 32.6. The second-order valence-corrected chi connectivity index (χ2v) is 11.4. The van der Waals surface area contributed by atoms with E-state index in [1.807, 2.05) is 85.4 Å². The average molecular weight is 675 g/mol. The lowest BCUT2D eigenvalue weighted by Crippen LogP contribution is -2.01. The van der Waals surface area contributed by atoms with Crippen LogP contribution in [0.25, 0.3) is 33.1 Å². The molecule has 5 N–H and O–H groups in total. The van der Waals surface area contributed by atoms with Crippen LogP contribution in [0.4, 0.5) is 17.2 Å². The summed E-state index contributed by atoms with van der Waals surface area (Å²) in [6.45, 7) is 0. The van der Waals surface area contributed by atoms with Crippen LogP contribution in [0.1, 0.15) is 25.2 Å². The first-order valence-corrected chi connectivity index (χ1v) is 16.1. The van der Waals surface area contributed by atoms with Crippen LogP contribution in [0, 0.1) is 0 Å². The fourth-order valence-electron chi connectivity index (χ4n) is 4.96. The Balaban J connectivity index is 0.000000212. The molecule has 252 valence electrons. The molecule has 0 amide bonds. The summed E-state index contributed by atoms with van der Waals surface area (Å²) in [4.78, 5) is 18.8. The Hall–Kier alpha value is -5.87. The SMILES string of the molecule is C.C.COc1ccc(-c2cc(Nc3ccc4[nH]ccc4c3)n[nH]2)cc1.COc1ccc(C(=O)/C=C(/Nc2ccc3[nH]ccc3c2)SC)cc1. The van der Waals surface area contributed by atoms with Gasteiger partial charge in [0.2, 0.25) is 0 Å². The number of thioether (sulfide) groups is 1. The Morgan fingerprint density at radius 3 is 1.90 bits per heavy atom. The summed E-state index contributed by atoms with van der Waals surface area (Å²) in [6.07, 6.45) is 7.40. The Morgan fingerprint density at radius 1 is 0.735 bits per heavy atom. The highest BCUT2D eigenvalue weighted by molar-refractivity contribution is 8.02. The molecule has 0 saturated carbocycles. The lowest BCUT2D eigenvalue weighted by molar-refractivity contribution is 0.104. The van der Waals surface area contributed by atoms with Crippen molar-refractivity contribution in [1.29, 1.82) is 0 Å². The van der Waals surface area contributed by atoms with Crippen molar-refractivity contribution in [2.24, 2.45) is 0 Å². The molecule has 3 heterocycles. The summed E-state index contributed by atoms with van der Waals surface area (Å²) in [5, 5.41) is 17.1. The zero-order valence-electron chi connectivity index (χ0n) is 26.1. The third-order valence-corrected chi connectivity index (χ3v) is 8.14. The standard InChI is InChI=1S/C19H18N2O2S.C18H16N4O.2CH4/c1-23-16-6-3-13(4-7-16)18(22)12-19(24-2)21-15-5-8-17-14(11-15)9-10-20-17;1-23-15-5-2-12(3-6-15)17-11-18(22-21-17)20-14-4-7-16-13(10-14)8-9-19-16;;/h3-12,20-21H,1-2H3;2-11,19H,1H3,(H2,20,21,22);2*1H4/b19-12-;;;. The van der Waals surface area contributed by atoms with Crippen LogP contribution < -0.4 is 20.1 Å². The molecule has 7 aromatic rings. The number of hydrogen-bond donors (Lipinski definition) is 5. The lowest BCUT2D eigenvalue weighted by atomic mass is 10.1. The van der Waals surface area contributed by atoms with Gasteiger partial charge in [-0.15, -0.1) is 11.8 Å². The Bertz CT molecular complexity index is 2130. The molecule has 0 saturated heterocycles. The van der Waals surface area contributed by atoms with Gasteiger partial charge in [-0.2, -0.15) is 5.10 Å². The van der Waals surface area contributed by atoms with E-state index in [2.05, 4.69) is 42.9 Å². The molecule has 0 spiro atoms. The van der Waals surface area contributed by atoms with Gasteiger partial charge in [0.05, 0.1) is 24.9 Å². The number of nitrogens with zero attached hydrogens (tertiary/aromatic N) is 1. The van der Waals surface area contributed by atoms with Crippen molar-refractivity contribution in [3.8, 4) is 22.8 Å². The number of carbonyl (C=O) groups is 1. The van der Waals surface area contributed by atoms with Crippen molar-refractivity contribution in [2.75, 3.05) is 31.1 Å². The van der Waals surface area contributed by atoms with E-state index in [9.17, 15) is 4.79 Å². The molecule has 0 aliphatic rings. The summed E-state index contributed by atoms with van der Waals surface area (Å²) in [7, 11) is 3.27. The number of ether oxygens (including phenoxy) is 2. The molecule has 0 radical (unpaired) electrons. The number of benzene rings is 4. The van der Waals surface area contributed by atoms with Gasteiger partial charge in [-0.1, -0.05) is 14.9 Å². The number of ketones is 1. The van der Waals surface area contributed by atoms with E-state index >= 15 is 0 Å². The largest absolute Gasteiger partial charge is 0.497 e. The number of anilines is 3. The number of fused-ring (bicyclic) bond motifs is 2. The summed E-state index contributed by atoms with van der Waals surface area (Å²) in [6, 6.07) is 33.3. The molecule has 4 aromatic carbocycles. The Labute approximate surface area is 291 Å². The van der Waals surface area contributed by atoms with Crippen LogP contribution in [0.3, 0.4) is 0 Å². The monoisotopic (exact) mass is 674 g/mol. The number of aromatic nitrogens is 4. The quantitative estimate of drug-likeness (QED) is 0.0723. The van der Waals surface area contributed by atoms with Crippen molar-refractivity contribution in [3.05, 3.63) is 132 Å². The fraction of sp³-hybridized carbons (Fsp3) is 0.128. The molecule has 0 aliphatic carbocycles. The highest BCUT2D eigenvalue weighted by Gasteiger charge is 2.08. The molecule has 9 nitrogen and oxygen atoms in total. The first-order chi connectivity index (χ1) is 23.0. The topological polar surface area (TPSA) is 120 Å². The highest BCUT2D eigenvalue weighted by Crippen LogP contribution is 2.26. The average Bonchev–Trinajstić information content (AvgIpc) is 3.89. The number of allylic oxidation sites excluding steroid dienone is 1. The Morgan fingerprint density at radius 2 is 1.31 bits per heavy atom. The summed E-state index contributed by atoms with van der Waals surface area (Å²) in [5.41, 5.74) is 6.81. The van der Waals surface area contributed by atoms with Gasteiger partial charge in [-0.25, -0.2) is 0 Å². The highest BCUT2D eigenvalue weighted by atomic mass is 32.2. The normalized spacial score (nSPS) is 10.7. The molecule has 7 rings (SSSR count). The van der Waals surface area contributed by atoms with Crippen LogP contribution in [0.2, 0.25) is 0 Å². The third-order valence-electron chi connectivity index (χ3n) is 7.48. The molecular weight excluding hydrogens is 633 g/mol. The zero-order valence-corrected chi connectivity index (χ0v) is 26.9. The number of rotatable bonds is 10. The molecular formula is C39H42N6O3S. The Kier molecular flexibility index (Phi) is 12.3. The van der Waals surface area contributed by atoms with Crippen molar-refractivity contribution >= 4 is 56.5 Å². The minimum absolute atomic E-state index is 0. The second kappa shape index (κ2) is 16.8. The van der Waals surface area contributed by atoms with E-state index < -0.39 is 0 Å². The van der Waals surface area contributed by atoms with Gasteiger partial charge in [0.25, 0.3) is 0 Å². The number of methoxy groups -OCH3 is 2. The number of carbonyl (C=O) groups excluding carboxylic acids is 1. The van der Waals surface area contributed by atoms with E-state index in [0.29, 0.717) is 5.56 Å². The minimum atomic E-state index is -0.0442. The molecule has 0 aliphatic heterocycles. The van der Waals surface area contributed by atoms with Crippen molar-refractivity contribution in [3.63, 3.8) is 0 Å². The third kappa shape index (κ3) is 8.94. The van der Waals surface area contributed by atoms with Gasteiger partial charge in [0.15, 0.2) is 11.6 Å². The first-order valence-electron chi connectivity index (χ1n) is 14.8. The fourth-order valence-corrected chi connectivity index (χ4v) is 5.40. The van der Waals surface area contributed by atoms with Crippen LogP contribution in [-0.2, 0) is 0 Å².